The van der Waals surface area contributed by atoms with Gasteiger partial charge in [-0.05, 0) is 20.3 Å². The van der Waals surface area contributed by atoms with Gasteiger partial charge in [0.25, 0.3) is 15.9 Å². The molecular weight excluding hydrogens is 416 g/mol. The second-order valence-electron chi connectivity index (χ2n) is 7.08. The zero-order valence-corrected chi connectivity index (χ0v) is 19.2. The van der Waals surface area contributed by atoms with Crippen LogP contribution in [0.5, 0.6) is 0 Å². The molecular formula is C20H38O9S. The van der Waals surface area contributed by atoms with Crippen molar-refractivity contribution in [1.82, 2.24) is 0 Å². The van der Waals surface area contributed by atoms with Gasteiger partial charge in [-0.1, -0.05) is 64.7 Å². The molecule has 0 saturated heterocycles. The molecule has 9 nitrogen and oxygen atoms in total. The minimum atomic E-state index is -5.22. The average Bonchev–Trinajstić information content (AvgIpc) is 2.64. The van der Waals surface area contributed by atoms with Crippen molar-refractivity contribution in [1.29, 1.82) is 0 Å². The Bertz CT molecular complexity index is 583. The molecule has 0 rings (SSSR count). The number of carboxylic acid groups (broad SMARTS) is 1. The van der Waals surface area contributed by atoms with Crippen LogP contribution in [-0.4, -0.2) is 60.9 Å². The highest BCUT2D eigenvalue weighted by Crippen LogP contribution is 2.27. The summed E-state index contributed by atoms with van der Waals surface area (Å²) in [5, 5.41) is 6.64. The van der Waals surface area contributed by atoms with Crippen LogP contribution in [0.15, 0.2) is 0 Å². The average molecular weight is 455 g/mol. The Kier molecular flexibility index (Phi) is 14.9. The summed E-state index contributed by atoms with van der Waals surface area (Å²) < 4.78 is 48.0. The number of hydrogen-bond acceptors (Lipinski definition) is 7. The largest absolute Gasteiger partial charge is 0.480 e. The first-order valence-corrected chi connectivity index (χ1v) is 12.3. The summed E-state index contributed by atoms with van der Waals surface area (Å²) in [7, 11) is -5.22. The van der Waals surface area contributed by atoms with Crippen molar-refractivity contribution in [2.45, 2.75) is 96.0 Å². The topological polar surface area (TPSA) is 136 Å². The number of unbranched alkanes of at least 4 members (excludes halogenated alkanes) is 9. The zero-order chi connectivity index (χ0) is 23.0. The molecule has 0 aromatic rings. The van der Waals surface area contributed by atoms with E-state index in [4.69, 9.17) is 14.2 Å². The molecule has 0 aromatic heterocycles. The van der Waals surface area contributed by atoms with Crippen LogP contribution >= 0.6 is 0 Å². The Balaban J connectivity index is 4.69. The molecule has 0 spiro atoms. The maximum Gasteiger partial charge on any atom is 0.369 e. The zero-order valence-electron chi connectivity index (χ0n) is 18.4. The fraction of sp³-hybridized carbons (Fsp3) is 0.900. The smallest absolute Gasteiger partial charge is 0.369 e. The van der Waals surface area contributed by atoms with Crippen molar-refractivity contribution in [3.8, 4) is 0 Å². The molecule has 0 aromatic carbocycles. The summed E-state index contributed by atoms with van der Waals surface area (Å²) in [6.07, 6.45) is 10.8. The standard InChI is InChI=1S/C20H38O9S/c1-4-7-8-9-10-11-12-13-14-15-16-27-19(23)20(28-5-2,29-6-3)17(18(21)22)30(24,25)26/h17H,4-16H2,1-3H3,(H,21,22)(H,24,25,26). The van der Waals surface area contributed by atoms with E-state index < -0.39 is 33.1 Å². The lowest BCUT2D eigenvalue weighted by molar-refractivity contribution is -0.247. The normalized spacial score (nSPS) is 13.2. The quantitative estimate of drug-likeness (QED) is 0.130. The van der Waals surface area contributed by atoms with Gasteiger partial charge in [0.1, 0.15) is 0 Å². The molecule has 0 bridgehead atoms. The number of rotatable bonds is 19. The summed E-state index contributed by atoms with van der Waals surface area (Å²) in [4.78, 5) is 24.1. The Morgan fingerprint density at radius 2 is 1.27 bits per heavy atom. The van der Waals surface area contributed by atoms with Crippen molar-refractivity contribution in [3.63, 3.8) is 0 Å². The first kappa shape index (κ1) is 28.8. The number of hydrogen-bond donors (Lipinski definition) is 2. The Morgan fingerprint density at radius 1 is 0.833 bits per heavy atom. The minimum absolute atomic E-state index is 0.0327. The summed E-state index contributed by atoms with van der Waals surface area (Å²) in [5.41, 5.74) is 0. The first-order chi connectivity index (χ1) is 14.2. The number of carbonyl (C=O) groups is 2. The Labute approximate surface area is 180 Å². The molecule has 0 heterocycles. The fourth-order valence-electron chi connectivity index (χ4n) is 3.19. The second-order valence-corrected chi connectivity index (χ2v) is 8.59. The monoisotopic (exact) mass is 454 g/mol. The number of aliphatic carboxylic acids is 1. The maximum absolute atomic E-state index is 12.6. The molecule has 0 saturated carbocycles. The van der Waals surface area contributed by atoms with Crippen LogP contribution in [0.2, 0.25) is 0 Å². The SMILES string of the molecule is CCCCCCCCCCCCOC(=O)C(OCC)(OCC)C(C(=O)O)S(=O)(=O)O. The molecule has 0 aliphatic heterocycles. The van der Waals surface area contributed by atoms with Crippen molar-refractivity contribution < 1.29 is 41.9 Å². The Hall–Kier alpha value is -1.23. The van der Waals surface area contributed by atoms with Crippen LogP contribution in [0.3, 0.4) is 0 Å². The number of carbonyl (C=O) groups excluding carboxylic acids is 1. The predicted octanol–water partition coefficient (Wildman–Crippen LogP) is 3.56. The van der Waals surface area contributed by atoms with Crippen molar-refractivity contribution in [3.05, 3.63) is 0 Å². The van der Waals surface area contributed by atoms with Gasteiger partial charge < -0.3 is 19.3 Å². The van der Waals surface area contributed by atoms with Gasteiger partial charge in [0, 0.05) is 13.2 Å². The van der Waals surface area contributed by atoms with E-state index in [0.29, 0.717) is 6.42 Å². The fourth-order valence-corrected chi connectivity index (χ4v) is 4.07. The molecule has 0 aliphatic carbocycles. The summed E-state index contributed by atoms with van der Waals surface area (Å²) in [6, 6.07) is 0. The van der Waals surface area contributed by atoms with Crippen molar-refractivity contribution >= 4 is 22.1 Å². The van der Waals surface area contributed by atoms with E-state index in [1.165, 1.54) is 46.0 Å². The van der Waals surface area contributed by atoms with Gasteiger partial charge in [0.15, 0.2) is 0 Å². The summed E-state index contributed by atoms with van der Waals surface area (Å²) in [5.74, 6) is -6.04. The molecule has 0 amide bonds. The van der Waals surface area contributed by atoms with Crippen LogP contribution in [0, 0.1) is 0 Å². The molecule has 0 fully saturated rings. The van der Waals surface area contributed by atoms with Crippen LogP contribution in [0.25, 0.3) is 0 Å². The van der Waals surface area contributed by atoms with E-state index in [-0.39, 0.29) is 19.8 Å². The Morgan fingerprint density at radius 3 is 1.63 bits per heavy atom. The van der Waals surface area contributed by atoms with E-state index >= 15 is 0 Å². The number of ether oxygens (including phenoxy) is 3. The number of carboxylic acids is 1. The predicted molar refractivity (Wildman–Crippen MR) is 112 cm³/mol. The van der Waals surface area contributed by atoms with Gasteiger partial charge in [-0.2, -0.15) is 8.42 Å². The molecule has 10 heteroatoms. The summed E-state index contributed by atoms with van der Waals surface area (Å²) in [6.45, 7) is 4.57. The van der Waals surface area contributed by atoms with Gasteiger partial charge in [0.05, 0.1) is 6.61 Å². The minimum Gasteiger partial charge on any atom is -0.480 e. The lowest BCUT2D eigenvalue weighted by atomic mass is 10.1. The third-order valence-electron chi connectivity index (χ3n) is 4.60. The van der Waals surface area contributed by atoms with Gasteiger partial charge in [-0.15, -0.1) is 0 Å². The van der Waals surface area contributed by atoms with E-state index in [0.717, 1.165) is 25.7 Å². The second kappa shape index (κ2) is 15.6. The highest BCUT2D eigenvalue weighted by atomic mass is 32.2. The van der Waals surface area contributed by atoms with Crippen molar-refractivity contribution in [2.75, 3.05) is 19.8 Å². The molecule has 0 radical (unpaired) electrons. The highest BCUT2D eigenvalue weighted by molar-refractivity contribution is 7.87. The van der Waals surface area contributed by atoms with E-state index in [1.807, 2.05) is 0 Å². The van der Waals surface area contributed by atoms with Crippen molar-refractivity contribution in [2.24, 2.45) is 0 Å². The molecule has 1 unspecified atom stereocenters. The molecule has 30 heavy (non-hydrogen) atoms. The third-order valence-corrected chi connectivity index (χ3v) is 5.71. The van der Waals surface area contributed by atoms with Crippen LogP contribution < -0.4 is 0 Å². The molecule has 178 valence electrons. The third kappa shape index (κ3) is 10.2. The maximum atomic E-state index is 12.6. The molecule has 0 aliphatic rings. The van der Waals surface area contributed by atoms with Crippen LogP contribution in [-0.2, 0) is 33.9 Å². The van der Waals surface area contributed by atoms with Gasteiger partial charge >= 0.3 is 11.9 Å². The van der Waals surface area contributed by atoms with E-state index in [9.17, 15) is 27.7 Å². The summed E-state index contributed by atoms with van der Waals surface area (Å²) >= 11 is 0. The molecule has 2 N–H and O–H groups in total. The van der Waals surface area contributed by atoms with Gasteiger partial charge in [-0.3, -0.25) is 9.35 Å². The first-order valence-electron chi connectivity index (χ1n) is 10.8. The molecule has 1 atom stereocenters. The van der Waals surface area contributed by atoms with Crippen LogP contribution in [0.1, 0.15) is 85.0 Å². The van der Waals surface area contributed by atoms with E-state index in [1.54, 1.807) is 0 Å². The van der Waals surface area contributed by atoms with Gasteiger partial charge in [-0.25, -0.2) is 4.79 Å². The lowest BCUT2D eigenvalue weighted by Gasteiger charge is -2.33. The van der Waals surface area contributed by atoms with Crippen LogP contribution in [0.4, 0.5) is 0 Å². The highest BCUT2D eigenvalue weighted by Gasteiger charge is 2.60. The van der Waals surface area contributed by atoms with E-state index in [2.05, 4.69) is 6.92 Å². The van der Waals surface area contributed by atoms with Gasteiger partial charge in [0.2, 0.25) is 5.25 Å². The number of esters is 1. The lowest BCUT2D eigenvalue weighted by Crippen LogP contribution is -2.60.